The maximum Gasteiger partial charge on any atom is 0.115 e. The van der Waals surface area contributed by atoms with Crippen molar-refractivity contribution in [2.24, 2.45) is 0 Å². The molecule has 0 saturated carbocycles. The fourth-order valence-electron chi connectivity index (χ4n) is 1.46. The molecule has 0 bridgehead atoms. The molecular formula is C14H15NOS. The van der Waals surface area contributed by atoms with Gasteiger partial charge in [0, 0.05) is 22.9 Å². The summed E-state index contributed by atoms with van der Waals surface area (Å²) in [4.78, 5) is 1.18. The molecule has 0 atom stereocenters. The fourth-order valence-corrected chi connectivity index (χ4v) is 2.23. The molecule has 0 aliphatic carbocycles. The summed E-state index contributed by atoms with van der Waals surface area (Å²) >= 11 is 1.77. The van der Waals surface area contributed by atoms with E-state index in [0.29, 0.717) is 5.75 Å². The average molecular weight is 245 g/mol. The lowest BCUT2D eigenvalue weighted by molar-refractivity contribution is 0.475. The number of phenolic OH excluding ortho intramolecular Hbond substituents is 1. The Labute approximate surface area is 106 Å². The second-order valence-electron chi connectivity index (χ2n) is 3.64. The minimum absolute atomic E-state index is 0.316. The van der Waals surface area contributed by atoms with Gasteiger partial charge in [0.25, 0.3) is 0 Å². The summed E-state index contributed by atoms with van der Waals surface area (Å²) in [5.74, 6) is 1.32. The van der Waals surface area contributed by atoms with Crippen molar-refractivity contribution in [3.05, 3.63) is 54.6 Å². The molecule has 0 spiro atoms. The number of hydrogen-bond acceptors (Lipinski definition) is 3. The Bertz CT molecular complexity index is 442. The standard InChI is InChI=1S/C14H15NOS/c16-13-6-8-14(9-7-13)17-11-10-15-12-4-2-1-3-5-12/h1-9,15-16H,10-11H2. The quantitative estimate of drug-likeness (QED) is 0.623. The van der Waals surface area contributed by atoms with Crippen LogP contribution in [0.3, 0.4) is 0 Å². The zero-order chi connectivity index (χ0) is 11.9. The first kappa shape index (κ1) is 11.9. The van der Waals surface area contributed by atoms with Crippen LogP contribution in [0.1, 0.15) is 0 Å². The summed E-state index contributed by atoms with van der Waals surface area (Å²) in [6.07, 6.45) is 0. The Kier molecular flexibility index (Phi) is 4.33. The first-order valence-electron chi connectivity index (χ1n) is 5.55. The molecule has 2 aromatic rings. The van der Waals surface area contributed by atoms with Gasteiger partial charge in [-0.1, -0.05) is 18.2 Å². The Morgan fingerprint density at radius 1 is 0.941 bits per heavy atom. The van der Waals surface area contributed by atoms with Crippen molar-refractivity contribution in [2.75, 3.05) is 17.6 Å². The first-order valence-corrected chi connectivity index (χ1v) is 6.54. The van der Waals surface area contributed by atoms with Crippen LogP contribution < -0.4 is 5.32 Å². The molecule has 0 aliphatic heterocycles. The van der Waals surface area contributed by atoms with Gasteiger partial charge in [-0.15, -0.1) is 11.8 Å². The minimum atomic E-state index is 0.316. The van der Waals surface area contributed by atoms with E-state index in [4.69, 9.17) is 5.11 Å². The molecule has 2 aromatic carbocycles. The molecule has 0 radical (unpaired) electrons. The predicted molar refractivity (Wildman–Crippen MR) is 73.8 cm³/mol. The smallest absolute Gasteiger partial charge is 0.115 e. The number of phenols is 1. The number of hydrogen-bond donors (Lipinski definition) is 2. The second-order valence-corrected chi connectivity index (χ2v) is 4.80. The number of anilines is 1. The van der Waals surface area contributed by atoms with E-state index in [0.717, 1.165) is 18.0 Å². The van der Waals surface area contributed by atoms with E-state index in [1.54, 1.807) is 23.9 Å². The van der Waals surface area contributed by atoms with E-state index in [9.17, 15) is 0 Å². The van der Waals surface area contributed by atoms with Crippen LogP contribution in [0.5, 0.6) is 5.75 Å². The molecule has 17 heavy (non-hydrogen) atoms. The molecule has 88 valence electrons. The maximum atomic E-state index is 9.16. The van der Waals surface area contributed by atoms with Crippen LogP contribution in [0.4, 0.5) is 5.69 Å². The van der Waals surface area contributed by atoms with Gasteiger partial charge in [0.05, 0.1) is 0 Å². The zero-order valence-electron chi connectivity index (χ0n) is 9.47. The second kappa shape index (κ2) is 6.21. The van der Waals surface area contributed by atoms with Gasteiger partial charge >= 0.3 is 0 Å². The van der Waals surface area contributed by atoms with Gasteiger partial charge < -0.3 is 10.4 Å². The number of nitrogens with one attached hydrogen (secondary N) is 1. The summed E-state index contributed by atoms with van der Waals surface area (Å²) in [5.41, 5.74) is 1.15. The third-order valence-electron chi connectivity index (χ3n) is 2.31. The zero-order valence-corrected chi connectivity index (χ0v) is 10.3. The van der Waals surface area contributed by atoms with E-state index in [1.165, 1.54) is 4.90 Å². The van der Waals surface area contributed by atoms with Crippen LogP contribution in [-0.2, 0) is 0 Å². The molecule has 0 amide bonds. The maximum absolute atomic E-state index is 9.16. The highest BCUT2D eigenvalue weighted by Crippen LogP contribution is 2.20. The van der Waals surface area contributed by atoms with Crippen LogP contribution in [0.2, 0.25) is 0 Å². The van der Waals surface area contributed by atoms with Gasteiger partial charge in [-0.05, 0) is 36.4 Å². The van der Waals surface area contributed by atoms with Crippen molar-refractivity contribution in [1.29, 1.82) is 0 Å². The highest BCUT2D eigenvalue weighted by molar-refractivity contribution is 7.99. The Balaban J connectivity index is 1.71. The van der Waals surface area contributed by atoms with Crippen molar-refractivity contribution in [1.82, 2.24) is 0 Å². The molecule has 0 saturated heterocycles. The highest BCUT2D eigenvalue weighted by atomic mass is 32.2. The number of rotatable bonds is 5. The number of benzene rings is 2. The summed E-state index contributed by atoms with van der Waals surface area (Å²) < 4.78 is 0. The largest absolute Gasteiger partial charge is 0.508 e. The lowest BCUT2D eigenvalue weighted by atomic mass is 10.3. The van der Waals surface area contributed by atoms with Crippen LogP contribution in [-0.4, -0.2) is 17.4 Å². The Hall–Kier alpha value is -1.61. The van der Waals surface area contributed by atoms with Gasteiger partial charge in [-0.25, -0.2) is 0 Å². The van der Waals surface area contributed by atoms with Crippen molar-refractivity contribution >= 4 is 17.4 Å². The predicted octanol–water partition coefficient (Wildman–Crippen LogP) is 3.60. The van der Waals surface area contributed by atoms with Gasteiger partial charge in [-0.2, -0.15) is 0 Å². The molecule has 0 aromatic heterocycles. The third-order valence-corrected chi connectivity index (χ3v) is 3.32. The van der Waals surface area contributed by atoms with Gasteiger partial charge in [0.15, 0.2) is 0 Å². The summed E-state index contributed by atoms with van der Waals surface area (Å²) in [6.45, 7) is 0.926. The molecule has 3 heteroatoms. The SMILES string of the molecule is Oc1ccc(SCCNc2ccccc2)cc1. The van der Waals surface area contributed by atoms with E-state index in [-0.39, 0.29) is 0 Å². The monoisotopic (exact) mass is 245 g/mol. The number of para-hydroxylation sites is 1. The number of thioether (sulfide) groups is 1. The van der Waals surface area contributed by atoms with E-state index in [2.05, 4.69) is 17.4 Å². The Morgan fingerprint density at radius 3 is 2.35 bits per heavy atom. The molecular weight excluding hydrogens is 230 g/mol. The topological polar surface area (TPSA) is 32.3 Å². The van der Waals surface area contributed by atoms with E-state index >= 15 is 0 Å². The van der Waals surface area contributed by atoms with Gasteiger partial charge in [-0.3, -0.25) is 0 Å². The van der Waals surface area contributed by atoms with Crippen LogP contribution in [0.15, 0.2) is 59.5 Å². The van der Waals surface area contributed by atoms with Crippen molar-refractivity contribution in [3.8, 4) is 5.75 Å². The highest BCUT2D eigenvalue weighted by Gasteiger charge is 1.94. The molecule has 2 nitrogen and oxygen atoms in total. The van der Waals surface area contributed by atoms with Crippen LogP contribution in [0.25, 0.3) is 0 Å². The molecule has 0 fully saturated rings. The fraction of sp³-hybridized carbons (Fsp3) is 0.143. The van der Waals surface area contributed by atoms with Gasteiger partial charge in [0.1, 0.15) is 5.75 Å². The summed E-state index contributed by atoms with van der Waals surface area (Å²) in [5, 5.41) is 12.5. The lowest BCUT2D eigenvalue weighted by Gasteiger charge is -2.05. The molecule has 0 unspecified atom stereocenters. The molecule has 2 N–H and O–H groups in total. The van der Waals surface area contributed by atoms with Crippen molar-refractivity contribution in [3.63, 3.8) is 0 Å². The molecule has 0 aliphatic rings. The molecule has 0 heterocycles. The molecule has 2 rings (SSSR count). The first-order chi connectivity index (χ1) is 8.34. The summed E-state index contributed by atoms with van der Waals surface area (Å²) in [7, 11) is 0. The Morgan fingerprint density at radius 2 is 1.65 bits per heavy atom. The van der Waals surface area contributed by atoms with Crippen LogP contribution >= 0.6 is 11.8 Å². The average Bonchev–Trinajstić information content (AvgIpc) is 2.38. The van der Waals surface area contributed by atoms with Gasteiger partial charge in [0.2, 0.25) is 0 Å². The number of aromatic hydroxyl groups is 1. The minimum Gasteiger partial charge on any atom is -0.508 e. The summed E-state index contributed by atoms with van der Waals surface area (Å²) in [6, 6.07) is 17.5. The normalized spacial score (nSPS) is 10.1. The lowest BCUT2D eigenvalue weighted by Crippen LogP contribution is -2.03. The third kappa shape index (κ3) is 4.04. The van der Waals surface area contributed by atoms with E-state index in [1.807, 2.05) is 30.3 Å². The van der Waals surface area contributed by atoms with Crippen molar-refractivity contribution < 1.29 is 5.11 Å². The van der Waals surface area contributed by atoms with Crippen molar-refractivity contribution in [2.45, 2.75) is 4.90 Å². The van der Waals surface area contributed by atoms with Crippen LogP contribution in [0, 0.1) is 0 Å². The van der Waals surface area contributed by atoms with E-state index < -0.39 is 0 Å².